The Bertz CT molecular complexity index is 871. The molecule has 0 saturated heterocycles. The molecule has 2 aromatic rings. The molecule has 0 atom stereocenters. The fourth-order valence-corrected chi connectivity index (χ4v) is 3.52. The van der Waals surface area contributed by atoms with E-state index in [4.69, 9.17) is 12.2 Å². The number of anilines is 1. The summed E-state index contributed by atoms with van der Waals surface area (Å²) >= 11 is 6.60. The van der Waals surface area contributed by atoms with Gasteiger partial charge in [-0.25, -0.2) is 12.7 Å². The molecule has 6 nitrogen and oxygen atoms in total. The Labute approximate surface area is 156 Å². The number of amides is 1. The van der Waals surface area contributed by atoms with Crippen molar-refractivity contribution in [1.82, 2.24) is 9.62 Å². The molecule has 132 valence electrons. The number of carbonyl (C=O) groups excluding carboxylic acids is 1. The Morgan fingerprint density at radius 2 is 1.88 bits per heavy atom. The van der Waals surface area contributed by atoms with Crippen LogP contribution < -0.4 is 10.6 Å². The van der Waals surface area contributed by atoms with Crippen molar-refractivity contribution in [2.75, 3.05) is 19.4 Å². The molecule has 0 unspecified atom stereocenters. The largest absolute Gasteiger partial charge is 0.332 e. The molecule has 0 aliphatic rings. The molecular weight excluding hydrogens is 378 g/mol. The van der Waals surface area contributed by atoms with E-state index in [1.54, 1.807) is 18.2 Å². The van der Waals surface area contributed by atoms with Crippen molar-refractivity contribution in [1.29, 1.82) is 0 Å². The van der Waals surface area contributed by atoms with Crippen molar-refractivity contribution in [3.05, 3.63) is 52.7 Å². The van der Waals surface area contributed by atoms with Crippen LogP contribution in [-0.2, 0) is 14.8 Å². The third-order valence-electron chi connectivity index (χ3n) is 3.07. The Hall–Kier alpha value is -2.07. The van der Waals surface area contributed by atoms with Crippen LogP contribution in [0, 0.1) is 0 Å². The van der Waals surface area contributed by atoms with Crippen molar-refractivity contribution in [3.63, 3.8) is 0 Å². The average molecular weight is 396 g/mol. The predicted molar refractivity (Wildman–Crippen MR) is 105 cm³/mol. The van der Waals surface area contributed by atoms with Gasteiger partial charge in [-0.2, -0.15) is 0 Å². The van der Waals surface area contributed by atoms with Crippen LogP contribution in [0.4, 0.5) is 5.69 Å². The Balaban J connectivity index is 1.93. The van der Waals surface area contributed by atoms with Gasteiger partial charge < -0.3 is 5.32 Å². The lowest BCUT2D eigenvalue weighted by Crippen LogP contribution is -2.32. The standard InChI is InChI=1S/C16H17N3O3S3/c1-19(2)25(21,22)14-8-5-12(6-9-14)17-16(23)18-15(20)10-7-13-4-3-11-24-13/h3-11H,1-2H3,(H2,17,18,20,23). The second-order valence-electron chi connectivity index (χ2n) is 5.10. The number of benzene rings is 1. The summed E-state index contributed by atoms with van der Waals surface area (Å²) in [7, 11) is -0.539. The zero-order valence-electron chi connectivity index (χ0n) is 13.6. The molecule has 0 spiro atoms. The summed E-state index contributed by atoms with van der Waals surface area (Å²) in [5.74, 6) is -0.349. The highest BCUT2D eigenvalue weighted by Gasteiger charge is 2.16. The molecule has 0 bridgehead atoms. The Kier molecular flexibility index (Phi) is 6.43. The van der Waals surface area contributed by atoms with E-state index < -0.39 is 10.0 Å². The minimum Gasteiger partial charge on any atom is -0.332 e. The maximum atomic E-state index is 12.0. The van der Waals surface area contributed by atoms with Gasteiger partial charge in [-0.3, -0.25) is 10.1 Å². The number of nitrogens with zero attached hydrogens (tertiary/aromatic N) is 1. The third kappa shape index (κ3) is 5.46. The number of nitrogens with one attached hydrogen (secondary N) is 2. The first-order valence-electron chi connectivity index (χ1n) is 7.15. The SMILES string of the molecule is CN(C)S(=O)(=O)c1ccc(NC(=S)NC(=O)C=Cc2cccs2)cc1. The first-order chi connectivity index (χ1) is 11.8. The summed E-state index contributed by atoms with van der Waals surface area (Å²) in [5.41, 5.74) is 0.574. The van der Waals surface area contributed by atoms with Crippen molar-refractivity contribution in [2.45, 2.75) is 4.90 Å². The van der Waals surface area contributed by atoms with Crippen molar-refractivity contribution in [2.24, 2.45) is 0 Å². The predicted octanol–water partition coefficient (Wildman–Crippen LogP) is 2.52. The van der Waals surface area contributed by atoms with Crippen LogP contribution in [-0.4, -0.2) is 37.8 Å². The molecule has 1 aromatic heterocycles. The van der Waals surface area contributed by atoms with Crippen LogP contribution in [0.15, 0.2) is 52.7 Å². The van der Waals surface area contributed by atoms with E-state index >= 15 is 0 Å². The molecule has 1 amide bonds. The number of carbonyl (C=O) groups is 1. The van der Waals surface area contributed by atoms with Crippen LogP contribution in [0.3, 0.4) is 0 Å². The fraction of sp³-hybridized carbons (Fsp3) is 0.125. The van der Waals surface area contributed by atoms with Gasteiger partial charge in [0.25, 0.3) is 0 Å². The van der Waals surface area contributed by atoms with Gasteiger partial charge in [0, 0.05) is 30.7 Å². The van der Waals surface area contributed by atoms with Crippen LogP contribution in [0.25, 0.3) is 6.08 Å². The zero-order valence-corrected chi connectivity index (χ0v) is 16.0. The molecule has 25 heavy (non-hydrogen) atoms. The first-order valence-corrected chi connectivity index (χ1v) is 9.88. The lowest BCUT2D eigenvalue weighted by Gasteiger charge is -2.12. The van der Waals surface area contributed by atoms with E-state index in [0.717, 1.165) is 9.18 Å². The molecule has 1 aromatic carbocycles. The van der Waals surface area contributed by atoms with Gasteiger partial charge in [-0.15, -0.1) is 11.3 Å². The highest BCUT2D eigenvalue weighted by Crippen LogP contribution is 2.16. The summed E-state index contributed by atoms with van der Waals surface area (Å²) in [5, 5.41) is 7.41. The summed E-state index contributed by atoms with van der Waals surface area (Å²) < 4.78 is 25.1. The van der Waals surface area contributed by atoms with Crippen LogP contribution in [0.5, 0.6) is 0 Å². The molecule has 2 N–H and O–H groups in total. The van der Waals surface area contributed by atoms with Crippen LogP contribution in [0.2, 0.25) is 0 Å². The van der Waals surface area contributed by atoms with E-state index in [2.05, 4.69) is 10.6 Å². The van der Waals surface area contributed by atoms with E-state index in [-0.39, 0.29) is 15.9 Å². The smallest absolute Gasteiger partial charge is 0.250 e. The van der Waals surface area contributed by atoms with E-state index in [0.29, 0.717) is 5.69 Å². The number of rotatable bonds is 5. The summed E-state index contributed by atoms with van der Waals surface area (Å²) in [6.45, 7) is 0. The van der Waals surface area contributed by atoms with Gasteiger partial charge in [0.15, 0.2) is 5.11 Å². The minimum atomic E-state index is -3.48. The zero-order chi connectivity index (χ0) is 18.4. The van der Waals surface area contributed by atoms with Gasteiger partial charge in [-0.05, 0) is 54.0 Å². The van der Waals surface area contributed by atoms with Gasteiger partial charge in [0.05, 0.1) is 4.90 Å². The normalized spacial score (nSPS) is 11.6. The number of hydrogen-bond acceptors (Lipinski definition) is 5. The molecule has 0 radical (unpaired) electrons. The molecule has 0 fully saturated rings. The van der Waals surface area contributed by atoms with E-state index in [9.17, 15) is 13.2 Å². The number of thiophene rings is 1. The van der Waals surface area contributed by atoms with Gasteiger partial charge in [-0.1, -0.05) is 6.07 Å². The lowest BCUT2D eigenvalue weighted by atomic mass is 10.3. The first kappa shape index (κ1) is 19.3. The van der Waals surface area contributed by atoms with Crippen molar-refractivity contribution < 1.29 is 13.2 Å². The molecule has 0 aliphatic heterocycles. The van der Waals surface area contributed by atoms with Crippen LogP contribution in [0.1, 0.15) is 4.88 Å². The summed E-state index contributed by atoms with van der Waals surface area (Å²) in [6.07, 6.45) is 3.09. The van der Waals surface area contributed by atoms with Crippen molar-refractivity contribution >= 4 is 56.4 Å². The van der Waals surface area contributed by atoms with Gasteiger partial charge in [0.1, 0.15) is 0 Å². The molecule has 0 aliphatic carbocycles. The van der Waals surface area contributed by atoms with Crippen molar-refractivity contribution in [3.8, 4) is 0 Å². The molecule has 1 heterocycles. The Morgan fingerprint density at radius 3 is 2.44 bits per heavy atom. The number of thiocarbonyl (C=S) groups is 1. The monoisotopic (exact) mass is 395 g/mol. The quantitative estimate of drug-likeness (QED) is 0.601. The fourth-order valence-electron chi connectivity index (χ4n) is 1.78. The maximum absolute atomic E-state index is 12.0. The second-order valence-corrected chi connectivity index (χ2v) is 8.64. The summed E-state index contributed by atoms with van der Waals surface area (Å²) in [6, 6.07) is 9.90. The van der Waals surface area contributed by atoms with Crippen LogP contribution >= 0.6 is 23.6 Å². The third-order valence-corrected chi connectivity index (χ3v) is 5.94. The van der Waals surface area contributed by atoms with E-state index in [1.807, 2.05) is 17.5 Å². The molecule has 0 saturated carbocycles. The highest BCUT2D eigenvalue weighted by molar-refractivity contribution is 7.89. The van der Waals surface area contributed by atoms with E-state index in [1.165, 1.54) is 43.6 Å². The molecule has 2 rings (SSSR count). The maximum Gasteiger partial charge on any atom is 0.250 e. The number of hydrogen-bond donors (Lipinski definition) is 2. The number of sulfonamides is 1. The molecule has 9 heteroatoms. The van der Waals surface area contributed by atoms with Gasteiger partial charge in [0.2, 0.25) is 15.9 Å². The second kappa shape index (κ2) is 8.34. The lowest BCUT2D eigenvalue weighted by molar-refractivity contribution is -0.115. The highest BCUT2D eigenvalue weighted by atomic mass is 32.2. The molecular formula is C16H17N3O3S3. The Morgan fingerprint density at radius 1 is 1.20 bits per heavy atom. The minimum absolute atomic E-state index is 0.129. The van der Waals surface area contributed by atoms with Gasteiger partial charge >= 0.3 is 0 Å². The summed E-state index contributed by atoms with van der Waals surface area (Å²) in [4.78, 5) is 12.9. The topological polar surface area (TPSA) is 78.5 Å². The average Bonchev–Trinajstić information content (AvgIpc) is 3.06.